The molecule has 1 fully saturated rings. The normalized spacial score (nSPS) is 17.5. The van der Waals surface area contributed by atoms with E-state index in [-0.39, 0.29) is 7.33 Å². The van der Waals surface area contributed by atoms with Crippen molar-refractivity contribution in [3.8, 4) is 0 Å². The second kappa shape index (κ2) is 13.0. The van der Waals surface area contributed by atoms with Gasteiger partial charge in [0.1, 0.15) is 12.1 Å². The van der Waals surface area contributed by atoms with E-state index in [1.165, 1.54) is 16.9 Å². The van der Waals surface area contributed by atoms with E-state index in [0.29, 0.717) is 24.2 Å². The van der Waals surface area contributed by atoms with E-state index in [9.17, 15) is 4.79 Å². The first-order chi connectivity index (χ1) is 18.0. The minimum Gasteiger partial charge on any atom is -0.497 e. The Labute approximate surface area is 226 Å². The van der Waals surface area contributed by atoms with Crippen LogP contribution in [0.25, 0.3) is 0 Å². The van der Waals surface area contributed by atoms with E-state index in [2.05, 4.69) is 73.8 Å². The molecule has 200 valence electrons. The van der Waals surface area contributed by atoms with Gasteiger partial charge in [-0.2, -0.15) is 0 Å². The van der Waals surface area contributed by atoms with Crippen LogP contribution in [0.3, 0.4) is 0 Å². The maximum absolute atomic E-state index is 12.7. The number of allylic oxidation sites excluding steroid dienone is 4. The molecule has 1 aliphatic heterocycles. The summed E-state index contributed by atoms with van der Waals surface area (Å²) in [7, 11) is 1.72. The number of rotatable bonds is 10. The number of carbonyl (C=O) groups is 1. The molecule has 0 radical (unpaired) electrons. The fourth-order valence-electron chi connectivity index (χ4n) is 5.21. The molecule has 2 aromatic rings. The number of hydrogen-bond acceptors (Lipinski definition) is 7. The lowest BCUT2D eigenvalue weighted by molar-refractivity contribution is 0.0913. The molecule has 2 aliphatic rings. The molecule has 0 saturated carbocycles. The zero-order valence-electron chi connectivity index (χ0n) is 22.4. The second-order valence-electron chi connectivity index (χ2n) is 9.83. The highest BCUT2D eigenvalue weighted by atomic mass is 32.1. The molecule has 1 unspecified atom stereocenters. The van der Waals surface area contributed by atoms with Crippen LogP contribution < -0.4 is 5.32 Å². The van der Waals surface area contributed by atoms with Gasteiger partial charge in [0.2, 0.25) is 0 Å². The molecule has 7 nitrogen and oxygen atoms in total. The van der Waals surface area contributed by atoms with E-state index in [1.54, 1.807) is 7.11 Å². The third kappa shape index (κ3) is 7.08. The predicted molar refractivity (Wildman–Crippen MR) is 151 cm³/mol. The van der Waals surface area contributed by atoms with Crippen molar-refractivity contribution in [2.75, 3.05) is 26.7 Å². The maximum Gasteiger partial charge on any atom is 0.254 e. The number of methoxy groups -OCH3 is 1. The van der Waals surface area contributed by atoms with Gasteiger partial charge in [0.15, 0.2) is 0 Å². The van der Waals surface area contributed by atoms with E-state index in [4.69, 9.17) is 4.74 Å². The third-order valence-electron chi connectivity index (χ3n) is 7.42. The number of piperidine rings is 1. The smallest absolute Gasteiger partial charge is 0.254 e. The zero-order chi connectivity index (χ0) is 26.2. The SMILES string of the molecule is COC1=CC=C(N(Cc2cccs2)C2CCN(C(C)CCNC(=O)c3c(C)ncnc3C)CC2)CC=C1.[HH]. The highest BCUT2D eigenvalue weighted by Gasteiger charge is 2.28. The van der Waals surface area contributed by atoms with Gasteiger partial charge in [-0.1, -0.05) is 12.1 Å². The van der Waals surface area contributed by atoms with Crippen molar-refractivity contribution in [1.82, 2.24) is 25.1 Å². The van der Waals surface area contributed by atoms with Gasteiger partial charge < -0.3 is 19.9 Å². The average molecular weight is 524 g/mol. The zero-order valence-corrected chi connectivity index (χ0v) is 23.3. The second-order valence-corrected chi connectivity index (χ2v) is 10.9. The van der Waals surface area contributed by atoms with Gasteiger partial charge in [0, 0.05) is 50.1 Å². The van der Waals surface area contributed by atoms with Crippen LogP contribution in [0, 0.1) is 13.8 Å². The Hall–Kier alpha value is -2.97. The van der Waals surface area contributed by atoms with Crippen molar-refractivity contribution in [1.29, 1.82) is 0 Å². The number of nitrogens with zero attached hydrogens (tertiary/aromatic N) is 4. The fourth-order valence-corrected chi connectivity index (χ4v) is 5.91. The highest BCUT2D eigenvalue weighted by Crippen LogP contribution is 2.28. The van der Waals surface area contributed by atoms with Gasteiger partial charge in [0.25, 0.3) is 5.91 Å². The van der Waals surface area contributed by atoms with Crippen molar-refractivity contribution in [2.45, 2.75) is 65.1 Å². The molecule has 1 saturated heterocycles. The van der Waals surface area contributed by atoms with Crippen molar-refractivity contribution in [3.63, 3.8) is 0 Å². The molecular weight excluding hydrogens is 482 g/mol. The molecule has 0 spiro atoms. The molecule has 1 atom stereocenters. The van der Waals surface area contributed by atoms with Gasteiger partial charge in [-0.05, 0) is 69.7 Å². The Morgan fingerprint density at radius 1 is 1.27 bits per heavy atom. The molecule has 1 amide bonds. The minimum atomic E-state index is -0.0814. The lowest BCUT2D eigenvalue weighted by Gasteiger charge is -2.42. The molecule has 1 N–H and O–H groups in total. The number of aromatic nitrogens is 2. The molecule has 0 bridgehead atoms. The number of carbonyl (C=O) groups excluding carboxylic acids is 1. The molecule has 3 heterocycles. The summed E-state index contributed by atoms with van der Waals surface area (Å²) in [5.41, 5.74) is 3.39. The summed E-state index contributed by atoms with van der Waals surface area (Å²) in [6.07, 6.45) is 14.2. The lowest BCUT2D eigenvalue weighted by Crippen LogP contribution is -2.47. The standard InChI is InChI=1S/C29H39N5O2S.H2/c1-21(12-15-30-29(35)28-22(2)31-20-32-23(28)3)33-16-13-25(14-17-33)34(19-27-9-6-18-37-27)24-7-5-8-26(36-4)11-10-24;/h5-6,8-11,18,20-21,25H,7,12-17,19H2,1-4H3,(H,30,35);1H. The monoisotopic (exact) mass is 523 g/mol. The van der Waals surface area contributed by atoms with Gasteiger partial charge in [-0.25, -0.2) is 9.97 Å². The van der Waals surface area contributed by atoms with Crippen LogP contribution in [0.1, 0.15) is 60.7 Å². The molecule has 4 rings (SSSR count). The first-order valence-corrected chi connectivity index (χ1v) is 14.0. The van der Waals surface area contributed by atoms with Gasteiger partial charge in [-0.15, -0.1) is 11.3 Å². The molecule has 2 aromatic heterocycles. The van der Waals surface area contributed by atoms with Crippen LogP contribution >= 0.6 is 11.3 Å². The van der Waals surface area contributed by atoms with Crippen molar-refractivity contribution in [3.05, 3.63) is 81.4 Å². The Morgan fingerprint density at radius 2 is 2.03 bits per heavy atom. The summed E-state index contributed by atoms with van der Waals surface area (Å²) < 4.78 is 5.45. The van der Waals surface area contributed by atoms with Crippen molar-refractivity contribution >= 4 is 17.2 Å². The van der Waals surface area contributed by atoms with Crippen LogP contribution in [0.5, 0.6) is 0 Å². The van der Waals surface area contributed by atoms with Crippen LogP contribution in [-0.4, -0.2) is 64.5 Å². The van der Waals surface area contributed by atoms with Gasteiger partial charge >= 0.3 is 0 Å². The third-order valence-corrected chi connectivity index (χ3v) is 8.29. The summed E-state index contributed by atoms with van der Waals surface area (Å²) in [6.45, 7) is 9.70. The first kappa shape index (κ1) is 27.1. The Morgan fingerprint density at radius 3 is 2.70 bits per heavy atom. The number of thiophene rings is 1. The Balaban J connectivity index is 0.00000400. The van der Waals surface area contributed by atoms with Crippen LogP contribution in [-0.2, 0) is 11.3 Å². The molecule has 37 heavy (non-hydrogen) atoms. The molecular formula is C29H41N5O2S. The Kier molecular flexibility index (Phi) is 9.52. The number of ether oxygens (including phenoxy) is 1. The summed E-state index contributed by atoms with van der Waals surface area (Å²) in [5.74, 6) is 0.814. The summed E-state index contributed by atoms with van der Waals surface area (Å²) >= 11 is 1.83. The number of hydrogen-bond donors (Lipinski definition) is 1. The minimum absolute atomic E-state index is 0. The molecule has 0 aromatic carbocycles. The Bertz CT molecular complexity index is 1120. The number of likely N-dealkylation sites (tertiary alicyclic amines) is 1. The summed E-state index contributed by atoms with van der Waals surface area (Å²) in [4.78, 5) is 27.6. The van der Waals surface area contributed by atoms with Crippen molar-refractivity contribution < 1.29 is 11.0 Å². The topological polar surface area (TPSA) is 70.6 Å². The number of aryl methyl sites for hydroxylation is 2. The quantitative estimate of drug-likeness (QED) is 0.459. The fraction of sp³-hybridized carbons (Fsp3) is 0.483. The lowest BCUT2D eigenvalue weighted by atomic mass is 9.99. The van der Waals surface area contributed by atoms with E-state index >= 15 is 0 Å². The summed E-state index contributed by atoms with van der Waals surface area (Å²) in [6, 6.07) is 5.29. The number of nitrogens with one attached hydrogen (secondary N) is 1. The van der Waals surface area contributed by atoms with E-state index in [0.717, 1.165) is 62.5 Å². The van der Waals surface area contributed by atoms with E-state index < -0.39 is 0 Å². The van der Waals surface area contributed by atoms with Gasteiger partial charge in [0.05, 0.1) is 30.6 Å². The van der Waals surface area contributed by atoms with Crippen LogP contribution in [0.4, 0.5) is 0 Å². The average Bonchev–Trinajstić information content (AvgIpc) is 3.30. The van der Waals surface area contributed by atoms with E-state index in [1.807, 2.05) is 25.2 Å². The van der Waals surface area contributed by atoms with Crippen molar-refractivity contribution in [2.24, 2.45) is 0 Å². The summed E-state index contributed by atoms with van der Waals surface area (Å²) in [5, 5.41) is 5.24. The predicted octanol–water partition coefficient (Wildman–Crippen LogP) is 5.25. The highest BCUT2D eigenvalue weighted by molar-refractivity contribution is 7.09. The first-order valence-electron chi connectivity index (χ1n) is 13.2. The van der Waals surface area contributed by atoms with Crippen LogP contribution in [0.2, 0.25) is 0 Å². The largest absolute Gasteiger partial charge is 0.497 e. The maximum atomic E-state index is 12.7. The van der Waals surface area contributed by atoms with Gasteiger partial charge in [-0.3, -0.25) is 4.79 Å². The molecule has 1 aliphatic carbocycles. The number of amides is 1. The molecule has 8 heteroatoms. The van der Waals surface area contributed by atoms with Crippen LogP contribution in [0.15, 0.2) is 59.6 Å².